The molecule has 7 aromatic rings. The van der Waals surface area contributed by atoms with E-state index < -0.39 is 0 Å². The maximum absolute atomic E-state index is 14.5. The molecule has 0 saturated heterocycles. The van der Waals surface area contributed by atoms with Crippen LogP contribution in [0.2, 0.25) is 0 Å². The molecule has 7 nitrogen and oxygen atoms in total. The van der Waals surface area contributed by atoms with Gasteiger partial charge in [0.25, 0.3) is 17.7 Å². The van der Waals surface area contributed by atoms with E-state index in [9.17, 15) is 14.4 Å². The molecule has 8 heteroatoms. The Hall–Kier alpha value is -5.60. The second-order valence-corrected chi connectivity index (χ2v) is 12.1. The summed E-state index contributed by atoms with van der Waals surface area (Å²) >= 11 is 1.39. The molecule has 2 aromatic heterocycles. The summed E-state index contributed by atoms with van der Waals surface area (Å²) in [5, 5.41) is 9.08. The summed E-state index contributed by atoms with van der Waals surface area (Å²) in [6, 6.07) is 36.5. The fraction of sp³-hybridized carbons (Fsp3) is 0.0811. The van der Waals surface area contributed by atoms with Crippen molar-refractivity contribution in [3.05, 3.63) is 137 Å². The van der Waals surface area contributed by atoms with E-state index >= 15 is 0 Å². The number of amides is 3. The van der Waals surface area contributed by atoms with Gasteiger partial charge in [0.2, 0.25) is 0 Å². The zero-order chi connectivity index (χ0) is 30.7. The van der Waals surface area contributed by atoms with Crippen LogP contribution in [-0.4, -0.2) is 45.5 Å². The van der Waals surface area contributed by atoms with Crippen molar-refractivity contribution < 1.29 is 14.4 Å². The molecule has 0 unspecified atom stereocenters. The molecule has 0 atom stereocenters. The monoisotopic (exact) mass is 606 g/mol. The summed E-state index contributed by atoms with van der Waals surface area (Å²) in [6.45, 7) is 2.11. The highest BCUT2D eigenvalue weighted by molar-refractivity contribution is 7.20. The van der Waals surface area contributed by atoms with Crippen LogP contribution in [0.3, 0.4) is 0 Å². The Morgan fingerprint density at radius 1 is 0.756 bits per heavy atom. The Balaban J connectivity index is 1.20. The molecule has 0 aliphatic carbocycles. The Morgan fingerprint density at radius 3 is 2.16 bits per heavy atom. The van der Waals surface area contributed by atoms with Gasteiger partial charge < -0.3 is 4.90 Å². The molecule has 1 aliphatic heterocycles. The predicted octanol–water partition coefficient (Wildman–Crippen LogP) is 7.64. The lowest BCUT2D eigenvalue weighted by atomic mass is 9.94. The molecule has 45 heavy (non-hydrogen) atoms. The molecule has 0 N–H and O–H groups in total. The van der Waals surface area contributed by atoms with E-state index in [2.05, 4.69) is 0 Å². The average molecular weight is 607 g/mol. The highest BCUT2D eigenvalue weighted by Crippen LogP contribution is 2.35. The Bertz CT molecular complexity index is 2270. The van der Waals surface area contributed by atoms with Crippen LogP contribution < -0.4 is 4.90 Å². The maximum Gasteiger partial charge on any atom is 0.268 e. The summed E-state index contributed by atoms with van der Waals surface area (Å²) in [5.41, 5.74) is 3.46. The third kappa shape index (κ3) is 4.33. The fourth-order valence-electron chi connectivity index (χ4n) is 6.29. The van der Waals surface area contributed by atoms with E-state index in [0.717, 1.165) is 43.4 Å². The number of carbonyl (C=O) groups excluding carboxylic acids is 3. The molecular formula is C37H26N4O3S. The second kappa shape index (κ2) is 10.5. The van der Waals surface area contributed by atoms with Gasteiger partial charge in [0.15, 0.2) is 0 Å². The van der Waals surface area contributed by atoms with E-state index in [4.69, 9.17) is 5.10 Å². The highest BCUT2D eigenvalue weighted by atomic mass is 32.1. The quantitative estimate of drug-likeness (QED) is 0.182. The van der Waals surface area contributed by atoms with Crippen LogP contribution in [0.25, 0.3) is 37.4 Å². The maximum atomic E-state index is 14.5. The average Bonchev–Trinajstić information content (AvgIpc) is 3.65. The van der Waals surface area contributed by atoms with Gasteiger partial charge in [-0.1, -0.05) is 78.9 Å². The fourth-order valence-corrected chi connectivity index (χ4v) is 7.42. The highest BCUT2D eigenvalue weighted by Gasteiger charge is 2.34. The third-order valence-electron chi connectivity index (χ3n) is 8.46. The van der Waals surface area contributed by atoms with Crippen molar-refractivity contribution in [2.75, 3.05) is 18.0 Å². The molecule has 5 aromatic carbocycles. The van der Waals surface area contributed by atoms with E-state index in [-0.39, 0.29) is 30.8 Å². The second-order valence-electron chi connectivity index (χ2n) is 11.1. The van der Waals surface area contributed by atoms with Crippen LogP contribution in [0.15, 0.2) is 115 Å². The number of hydrogen-bond acceptors (Lipinski definition) is 5. The smallest absolute Gasteiger partial charge is 0.268 e. The van der Waals surface area contributed by atoms with E-state index in [1.807, 2.05) is 115 Å². The number of hydrogen-bond donors (Lipinski definition) is 0. The Kier molecular flexibility index (Phi) is 6.32. The zero-order valence-electron chi connectivity index (χ0n) is 24.3. The van der Waals surface area contributed by atoms with Crippen LogP contribution in [0.1, 0.15) is 36.1 Å². The normalized spacial score (nSPS) is 12.9. The van der Waals surface area contributed by atoms with Gasteiger partial charge in [0.05, 0.1) is 21.9 Å². The summed E-state index contributed by atoms with van der Waals surface area (Å²) in [4.78, 5) is 46.3. The molecule has 0 spiro atoms. The lowest BCUT2D eigenvalue weighted by Gasteiger charge is -2.30. The van der Waals surface area contributed by atoms with Crippen molar-refractivity contribution in [2.24, 2.45) is 0 Å². The van der Waals surface area contributed by atoms with Gasteiger partial charge in [-0.25, -0.2) is 4.68 Å². The lowest BCUT2D eigenvalue weighted by molar-refractivity contribution is 0.0611. The summed E-state index contributed by atoms with van der Waals surface area (Å²) in [5.74, 6) is -0.906. The molecule has 3 heterocycles. The van der Waals surface area contributed by atoms with Gasteiger partial charge in [-0.15, -0.1) is 11.3 Å². The van der Waals surface area contributed by atoms with Gasteiger partial charge in [-0.3, -0.25) is 19.3 Å². The van der Waals surface area contributed by atoms with Crippen molar-refractivity contribution in [1.29, 1.82) is 0 Å². The number of benzene rings is 5. The number of para-hydroxylation sites is 1. The minimum Gasteiger partial charge on any atom is -0.305 e. The molecule has 0 saturated carbocycles. The lowest BCUT2D eigenvalue weighted by Crippen LogP contribution is -2.46. The molecule has 3 amide bonds. The number of nitrogens with zero attached hydrogens (tertiary/aromatic N) is 4. The van der Waals surface area contributed by atoms with Crippen LogP contribution in [0, 0.1) is 6.92 Å². The number of anilines is 1. The molecular weight excluding hydrogens is 580 g/mol. The van der Waals surface area contributed by atoms with Crippen molar-refractivity contribution in [1.82, 2.24) is 14.7 Å². The minimum atomic E-state index is -0.352. The van der Waals surface area contributed by atoms with Gasteiger partial charge in [-0.05, 0) is 54.1 Å². The van der Waals surface area contributed by atoms with Gasteiger partial charge in [-0.2, -0.15) is 5.10 Å². The van der Waals surface area contributed by atoms with Crippen molar-refractivity contribution >= 4 is 66.5 Å². The van der Waals surface area contributed by atoms with Crippen LogP contribution in [0.4, 0.5) is 5.69 Å². The first-order valence-electron chi connectivity index (χ1n) is 14.7. The first-order chi connectivity index (χ1) is 22.0. The molecule has 0 bridgehead atoms. The molecule has 8 rings (SSSR count). The Labute approximate surface area is 262 Å². The number of rotatable bonds is 6. The molecule has 1 aliphatic rings. The summed E-state index contributed by atoms with van der Waals surface area (Å²) in [7, 11) is 0. The number of fused-ring (bicyclic) bond motifs is 2. The van der Waals surface area contributed by atoms with Crippen LogP contribution in [0.5, 0.6) is 0 Å². The van der Waals surface area contributed by atoms with E-state index in [1.54, 1.807) is 17.0 Å². The number of imide groups is 1. The number of carbonyl (C=O) groups is 3. The standard InChI is InChI=1S/C37H26N4O3S/c1-23-30-22-32(45-37(30)41(38-23)26-14-3-2-4-15-26)36(44)39(31-19-9-11-24-10-5-6-16-27(24)31)20-21-40-34(42)28-17-7-12-25-13-8-18-29(33(25)28)35(40)43/h2-19,22H,20-21H2,1H3. The predicted molar refractivity (Wildman–Crippen MR) is 179 cm³/mol. The largest absolute Gasteiger partial charge is 0.305 e. The van der Waals surface area contributed by atoms with Crippen LogP contribution >= 0.6 is 11.3 Å². The molecule has 218 valence electrons. The van der Waals surface area contributed by atoms with Crippen molar-refractivity contribution in [2.45, 2.75) is 6.92 Å². The number of aromatic nitrogens is 2. The van der Waals surface area contributed by atoms with Gasteiger partial charge in [0, 0.05) is 40.4 Å². The number of aryl methyl sites for hydroxylation is 1. The third-order valence-corrected chi connectivity index (χ3v) is 9.56. The van der Waals surface area contributed by atoms with Crippen LogP contribution in [-0.2, 0) is 0 Å². The Morgan fingerprint density at radius 2 is 1.40 bits per heavy atom. The topological polar surface area (TPSA) is 75.5 Å². The van der Waals surface area contributed by atoms with E-state index in [0.29, 0.717) is 21.4 Å². The summed E-state index contributed by atoms with van der Waals surface area (Å²) in [6.07, 6.45) is 0. The first kappa shape index (κ1) is 27.0. The SMILES string of the molecule is Cc1nn(-c2ccccc2)c2sc(C(=O)N(CCN3C(=O)c4cccc5cccc(c45)C3=O)c3cccc4ccccc34)cc12. The first-order valence-corrected chi connectivity index (χ1v) is 15.5. The molecule has 0 fully saturated rings. The van der Waals surface area contributed by atoms with Crippen molar-refractivity contribution in [3.8, 4) is 5.69 Å². The van der Waals surface area contributed by atoms with Gasteiger partial charge >= 0.3 is 0 Å². The van der Waals surface area contributed by atoms with E-state index in [1.165, 1.54) is 16.2 Å². The zero-order valence-corrected chi connectivity index (χ0v) is 25.1. The molecule has 0 radical (unpaired) electrons. The summed E-state index contributed by atoms with van der Waals surface area (Å²) < 4.78 is 1.87. The minimum absolute atomic E-state index is 0.0407. The van der Waals surface area contributed by atoms with Gasteiger partial charge in [0.1, 0.15) is 4.83 Å². The van der Waals surface area contributed by atoms with Crippen molar-refractivity contribution in [3.63, 3.8) is 0 Å². The number of thiophene rings is 1.